The number of nitrogens with one attached hydrogen (secondary N) is 7. The first kappa shape index (κ1) is 55.5. The molecular weight excluding hydrogens is 1040 g/mol. The van der Waals surface area contributed by atoms with Crippen molar-refractivity contribution in [2.75, 3.05) is 24.6 Å². The zero-order valence-electron chi connectivity index (χ0n) is 38.4. The molecule has 4 atom stereocenters. The van der Waals surface area contributed by atoms with Crippen LogP contribution in [0, 0.1) is 0 Å². The molecule has 384 valence electrons. The van der Waals surface area contributed by atoms with Crippen molar-refractivity contribution in [2.24, 2.45) is 5.11 Å². The third-order valence-electron chi connectivity index (χ3n) is 11.5. The molecule has 18 nitrogen and oxygen atoms in total. The van der Waals surface area contributed by atoms with Gasteiger partial charge in [0.05, 0.1) is 35.4 Å². The van der Waals surface area contributed by atoms with Crippen LogP contribution >= 0.6 is 56.6 Å². The number of rotatable bonds is 25. The van der Waals surface area contributed by atoms with E-state index in [-0.39, 0.29) is 61.0 Å². The van der Waals surface area contributed by atoms with E-state index in [2.05, 4.69) is 52.6 Å². The Morgan fingerprint density at radius 2 is 1.76 bits per heavy atom. The molecule has 6 rings (SSSR count). The van der Waals surface area contributed by atoms with Crippen molar-refractivity contribution < 1.29 is 41.9 Å². The molecule has 0 radical (unpaired) electrons. The molecule has 2 aliphatic rings. The Kier molecular flexibility index (Phi) is 21.1. The van der Waals surface area contributed by atoms with Gasteiger partial charge >= 0.3 is 12.2 Å². The summed E-state index contributed by atoms with van der Waals surface area (Å²) >= 11 is 14.2. The van der Waals surface area contributed by atoms with Crippen molar-refractivity contribution >= 4 is 109 Å². The maximum Gasteiger partial charge on any atom is 0.416 e. The van der Waals surface area contributed by atoms with Crippen LogP contribution in [0.4, 0.5) is 23.7 Å². The van der Waals surface area contributed by atoms with Gasteiger partial charge in [0.15, 0.2) is 0 Å². The predicted molar refractivity (Wildman–Crippen MR) is 274 cm³/mol. The van der Waals surface area contributed by atoms with Crippen LogP contribution in [0.3, 0.4) is 0 Å². The van der Waals surface area contributed by atoms with Crippen molar-refractivity contribution in [3.63, 3.8) is 0 Å². The van der Waals surface area contributed by atoms with Crippen molar-refractivity contribution in [3.8, 4) is 0 Å². The van der Waals surface area contributed by atoms with Crippen molar-refractivity contribution in [1.82, 2.24) is 47.2 Å². The summed E-state index contributed by atoms with van der Waals surface area (Å²) < 4.78 is 42.2. The second-order valence-corrected chi connectivity index (χ2v) is 21.1. The number of amides is 7. The summed E-state index contributed by atoms with van der Waals surface area (Å²) in [6, 6.07) is 13.3. The SMILES string of the molecule is [N-]=[N+]=Nc1ccc(C(=O)NC(CCCCNC(=O)CCCCC2SC[C@@H]3NC(=O)N[C@H]23)C(=O)NCCSS/C=C/C(=O)NNC(=O)CCc2nn(Cc3ccc(Cl)cc3Cl)c3cc(C(F)(F)F)ccc23)cc1. The molecule has 0 spiro atoms. The topological polar surface area (TPSA) is 253 Å². The summed E-state index contributed by atoms with van der Waals surface area (Å²) in [5.41, 5.74) is 14.2. The number of aryl methyl sites for hydroxylation is 1. The molecule has 0 bridgehead atoms. The van der Waals surface area contributed by atoms with Gasteiger partial charge in [-0.25, -0.2) is 4.79 Å². The molecule has 2 aliphatic heterocycles. The minimum atomic E-state index is -4.59. The lowest BCUT2D eigenvalue weighted by Crippen LogP contribution is -2.47. The van der Waals surface area contributed by atoms with Crippen molar-refractivity contribution in [3.05, 3.63) is 115 Å². The van der Waals surface area contributed by atoms with Crippen LogP contribution in [0.25, 0.3) is 21.3 Å². The Hall–Kier alpha value is -5.78. The number of carbonyl (C=O) groups excluding carboxylic acids is 6. The smallest absolute Gasteiger partial charge is 0.356 e. The van der Waals surface area contributed by atoms with Crippen LogP contribution in [0.1, 0.15) is 78.5 Å². The van der Waals surface area contributed by atoms with Crippen LogP contribution in [-0.2, 0) is 38.3 Å². The number of aromatic nitrogens is 2. The Labute approximate surface area is 434 Å². The summed E-state index contributed by atoms with van der Waals surface area (Å²) in [5.74, 6) is -0.850. The molecule has 26 heteroatoms. The molecule has 1 aromatic heterocycles. The quantitative estimate of drug-likeness (QED) is 0.00489. The Morgan fingerprint density at radius 1 is 0.958 bits per heavy atom. The highest BCUT2D eigenvalue weighted by molar-refractivity contribution is 8.77. The van der Waals surface area contributed by atoms with Gasteiger partial charge < -0.3 is 26.6 Å². The molecule has 2 saturated heterocycles. The van der Waals surface area contributed by atoms with Gasteiger partial charge in [-0.3, -0.25) is 39.5 Å². The molecule has 0 aliphatic carbocycles. The van der Waals surface area contributed by atoms with E-state index in [4.69, 9.17) is 28.7 Å². The number of alkyl halides is 3. The van der Waals surface area contributed by atoms with E-state index in [1.807, 2.05) is 11.8 Å². The average molecular weight is 1090 g/mol. The van der Waals surface area contributed by atoms with E-state index < -0.39 is 41.4 Å². The molecule has 4 aromatic rings. The average Bonchev–Trinajstić information content (AvgIpc) is 4.02. The number of thioether (sulfide) groups is 1. The number of carbonyl (C=O) groups is 6. The zero-order chi connectivity index (χ0) is 51.6. The largest absolute Gasteiger partial charge is 0.416 e. The van der Waals surface area contributed by atoms with Crippen molar-refractivity contribution in [1.29, 1.82) is 0 Å². The summed E-state index contributed by atoms with van der Waals surface area (Å²) in [5, 5.41) is 25.4. The van der Waals surface area contributed by atoms with E-state index >= 15 is 0 Å². The van der Waals surface area contributed by atoms with Gasteiger partial charge in [0.2, 0.25) is 17.7 Å². The minimum Gasteiger partial charge on any atom is -0.356 e. The van der Waals surface area contributed by atoms with Crippen LogP contribution in [0.2, 0.25) is 10.0 Å². The van der Waals surface area contributed by atoms with E-state index in [0.717, 1.165) is 37.1 Å². The maximum atomic E-state index is 13.6. The van der Waals surface area contributed by atoms with Crippen LogP contribution in [0.5, 0.6) is 0 Å². The second kappa shape index (κ2) is 27.3. The van der Waals surface area contributed by atoms with Gasteiger partial charge in [-0.2, -0.15) is 30.0 Å². The first-order valence-electron chi connectivity index (χ1n) is 22.8. The highest BCUT2D eigenvalue weighted by Gasteiger charge is 2.42. The zero-order valence-corrected chi connectivity index (χ0v) is 42.4. The number of unbranched alkanes of at least 4 members (excludes halogenated alkanes) is 2. The Bertz CT molecular complexity index is 2680. The fourth-order valence-electron chi connectivity index (χ4n) is 7.82. The lowest BCUT2D eigenvalue weighted by molar-refractivity contribution is -0.137. The highest BCUT2D eigenvalue weighted by Crippen LogP contribution is 2.35. The van der Waals surface area contributed by atoms with Gasteiger partial charge in [0.1, 0.15) is 6.04 Å². The second-order valence-electron chi connectivity index (χ2n) is 16.6. The summed E-state index contributed by atoms with van der Waals surface area (Å²) in [6.45, 7) is 0.681. The Morgan fingerprint density at radius 3 is 2.53 bits per heavy atom. The van der Waals surface area contributed by atoms with Gasteiger partial charge in [-0.05, 0) is 85.0 Å². The normalized spacial score (nSPS) is 16.6. The van der Waals surface area contributed by atoms with E-state index in [9.17, 15) is 41.9 Å². The minimum absolute atomic E-state index is 0.0458. The third kappa shape index (κ3) is 16.9. The number of halogens is 5. The summed E-state index contributed by atoms with van der Waals surface area (Å²) in [4.78, 5) is 78.4. The van der Waals surface area contributed by atoms with E-state index in [1.165, 1.54) is 74.2 Å². The third-order valence-corrected chi connectivity index (χ3v) is 15.6. The lowest BCUT2D eigenvalue weighted by Gasteiger charge is -2.19. The number of hydrogen-bond donors (Lipinski definition) is 7. The molecule has 7 amide bonds. The number of benzene rings is 3. The molecule has 0 saturated carbocycles. The standard InChI is InChI=1S/C46H51Cl2F3N12O6S3/c47-30-12-8-28(33(48)24-30)25-63-37-23-29(46(49,50)51)11-15-32(37)34(61-63)16-17-40(65)59-60-41(66)18-21-71-72-22-20-54-44(68)35(55-43(67)27-9-13-31(14-10-27)58-62-52)5-3-4-19-53-39(64)7-2-1-6-38-42-36(26-70-38)56-45(69)57-42/h8-15,18,21,23-24,35-36,38,42H,1-7,16-17,19-20,22,25-26H2,(H,53,64)(H,54,68)(H,55,67)(H,59,65)(H,60,66)(H2,56,57,69)/b21-18+/t35?,36-,38?,42-/m0/s1. The summed E-state index contributed by atoms with van der Waals surface area (Å²) in [7, 11) is 2.53. The number of fused-ring (bicyclic) bond motifs is 2. The fraction of sp³-hybridized carbons (Fsp3) is 0.413. The van der Waals surface area contributed by atoms with Gasteiger partial charge in [0, 0.05) is 86.8 Å². The van der Waals surface area contributed by atoms with E-state index in [1.54, 1.807) is 12.1 Å². The predicted octanol–water partition coefficient (Wildman–Crippen LogP) is 8.25. The van der Waals surface area contributed by atoms with Gasteiger partial charge in [0.25, 0.3) is 11.8 Å². The summed E-state index contributed by atoms with van der Waals surface area (Å²) in [6.07, 6.45) is 0.798. The highest BCUT2D eigenvalue weighted by atomic mass is 35.5. The molecule has 2 fully saturated rings. The number of hydrazine groups is 1. The van der Waals surface area contributed by atoms with Crippen LogP contribution in [0.15, 0.2) is 77.3 Å². The molecule has 3 aromatic carbocycles. The first-order valence-corrected chi connectivity index (χ1v) is 27.0. The molecule has 7 N–H and O–H groups in total. The molecule has 2 unspecified atom stereocenters. The maximum absolute atomic E-state index is 13.6. The molecule has 72 heavy (non-hydrogen) atoms. The van der Waals surface area contributed by atoms with Crippen LogP contribution < -0.4 is 37.4 Å². The Balaban J connectivity index is 0.886. The van der Waals surface area contributed by atoms with Gasteiger partial charge in [-0.15, -0.1) is 0 Å². The monoisotopic (exact) mass is 1090 g/mol. The lowest BCUT2D eigenvalue weighted by atomic mass is 10.0. The number of nitrogens with zero attached hydrogens (tertiary/aromatic N) is 5. The van der Waals surface area contributed by atoms with E-state index in [0.29, 0.717) is 75.6 Å². The molecule has 3 heterocycles. The number of azide groups is 1. The fourth-order valence-corrected chi connectivity index (χ4v) is 11.3. The molecular formula is C46H51Cl2F3N12O6S3. The number of urea groups is 1. The van der Waals surface area contributed by atoms with Crippen LogP contribution in [-0.4, -0.2) is 93.3 Å². The van der Waals surface area contributed by atoms with Crippen molar-refractivity contribution in [2.45, 2.75) is 93.9 Å². The first-order chi connectivity index (χ1) is 34.6. The number of hydrogen-bond acceptors (Lipinski definition) is 11. The van der Waals surface area contributed by atoms with Gasteiger partial charge in [-0.1, -0.05) is 80.6 Å².